The number of sulfone groups is 1. The maximum absolute atomic E-state index is 12.2. The van der Waals surface area contributed by atoms with Gasteiger partial charge in [-0.25, -0.2) is 8.42 Å². The maximum Gasteiger partial charge on any atom is 0.160 e. The van der Waals surface area contributed by atoms with Crippen LogP contribution in [0, 0.1) is 0 Å². The first-order valence-corrected chi connectivity index (χ1v) is 8.20. The Morgan fingerprint density at radius 2 is 2.00 bits per heavy atom. The van der Waals surface area contributed by atoms with Crippen LogP contribution < -0.4 is 5.73 Å². The number of aromatic nitrogens is 3. The Kier molecular flexibility index (Phi) is 2.90. The number of nitrogens with two attached hydrogens (primary N) is 1. The Labute approximate surface area is 106 Å². The highest BCUT2D eigenvalue weighted by atomic mass is 32.2. The molecule has 1 aliphatic heterocycles. The van der Waals surface area contributed by atoms with E-state index in [4.69, 9.17) is 5.73 Å². The molecule has 1 aromatic heterocycles. The lowest BCUT2D eigenvalue weighted by Crippen LogP contribution is -2.25. The zero-order valence-electron chi connectivity index (χ0n) is 10.2. The van der Waals surface area contributed by atoms with Gasteiger partial charge in [-0.05, 0) is 25.7 Å². The summed E-state index contributed by atoms with van der Waals surface area (Å²) in [6, 6.07) is 0.366. The van der Waals surface area contributed by atoms with Crippen LogP contribution in [0.25, 0.3) is 0 Å². The zero-order valence-corrected chi connectivity index (χ0v) is 11.1. The lowest BCUT2D eigenvalue weighted by molar-refractivity contribution is 0.523. The van der Waals surface area contributed by atoms with Crippen LogP contribution in [0.3, 0.4) is 0 Å². The molecular formula is C11H18N4O2S. The smallest absolute Gasteiger partial charge is 0.160 e. The molecule has 0 aromatic carbocycles. The summed E-state index contributed by atoms with van der Waals surface area (Å²) in [6.45, 7) is 0.316. The fourth-order valence-electron chi connectivity index (χ4n) is 2.67. The molecule has 2 fully saturated rings. The molecule has 1 atom stereocenters. The lowest BCUT2D eigenvalue weighted by atomic mass is 10.2. The van der Waals surface area contributed by atoms with Gasteiger partial charge in [0, 0.05) is 6.04 Å². The molecule has 2 N–H and O–H groups in total. The van der Waals surface area contributed by atoms with E-state index in [9.17, 15) is 8.42 Å². The number of hydrogen-bond acceptors (Lipinski definition) is 5. The summed E-state index contributed by atoms with van der Waals surface area (Å²) in [7, 11) is -3.06. The molecule has 1 saturated carbocycles. The summed E-state index contributed by atoms with van der Waals surface area (Å²) in [5.74, 6) is 1.61. The Hall–Kier alpha value is -0.950. The van der Waals surface area contributed by atoms with E-state index < -0.39 is 15.1 Å². The molecule has 3 rings (SSSR count). The monoisotopic (exact) mass is 270 g/mol. The number of rotatable bonds is 3. The van der Waals surface area contributed by atoms with Crippen molar-refractivity contribution in [2.24, 2.45) is 5.73 Å². The van der Waals surface area contributed by atoms with Gasteiger partial charge in [0.05, 0.1) is 12.3 Å². The van der Waals surface area contributed by atoms with E-state index in [1.165, 1.54) is 0 Å². The average Bonchev–Trinajstić information content (AvgIpc) is 3.09. The van der Waals surface area contributed by atoms with Crippen LogP contribution in [-0.4, -0.2) is 28.9 Å². The summed E-state index contributed by atoms with van der Waals surface area (Å²) in [6.07, 6.45) is 4.52. The second kappa shape index (κ2) is 4.31. The molecule has 0 amide bonds. The number of hydrogen-bond donors (Lipinski definition) is 1. The van der Waals surface area contributed by atoms with Crippen LogP contribution in [0.1, 0.15) is 55.0 Å². The van der Waals surface area contributed by atoms with Gasteiger partial charge in [-0.15, -0.1) is 10.2 Å². The summed E-state index contributed by atoms with van der Waals surface area (Å²) >= 11 is 0. The molecule has 2 heterocycles. The van der Waals surface area contributed by atoms with Crippen molar-refractivity contribution in [3.05, 3.63) is 11.6 Å². The summed E-state index contributed by atoms with van der Waals surface area (Å²) in [4.78, 5) is 0. The maximum atomic E-state index is 12.2. The molecule has 7 heteroatoms. The van der Waals surface area contributed by atoms with Crippen LogP contribution in [-0.2, 0) is 16.4 Å². The van der Waals surface area contributed by atoms with Crippen LogP contribution in [0.4, 0.5) is 0 Å². The first-order chi connectivity index (χ1) is 8.63. The third kappa shape index (κ3) is 1.95. The minimum Gasteiger partial charge on any atom is -0.324 e. The van der Waals surface area contributed by atoms with E-state index in [1.807, 2.05) is 4.57 Å². The van der Waals surface area contributed by atoms with Crippen molar-refractivity contribution in [2.75, 3.05) is 5.75 Å². The largest absolute Gasteiger partial charge is 0.324 e. The quantitative estimate of drug-likeness (QED) is 0.873. The Bertz CT molecular complexity index is 547. The van der Waals surface area contributed by atoms with Gasteiger partial charge in [0.2, 0.25) is 0 Å². The number of nitrogens with zero attached hydrogens (tertiary/aromatic N) is 3. The highest BCUT2D eigenvalue weighted by molar-refractivity contribution is 7.91. The lowest BCUT2D eigenvalue weighted by Gasteiger charge is -2.22. The molecule has 1 aromatic rings. The first kappa shape index (κ1) is 12.1. The van der Waals surface area contributed by atoms with E-state index in [-0.39, 0.29) is 5.75 Å². The zero-order chi connectivity index (χ0) is 12.8. The molecule has 18 heavy (non-hydrogen) atoms. The second-order valence-corrected chi connectivity index (χ2v) is 7.43. The third-order valence-corrected chi connectivity index (χ3v) is 5.93. The van der Waals surface area contributed by atoms with Crippen LogP contribution >= 0.6 is 0 Å². The molecule has 0 radical (unpaired) electrons. The fraction of sp³-hybridized carbons (Fsp3) is 0.818. The van der Waals surface area contributed by atoms with Gasteiger partial charge in [0.25, 0.3) is 0 Å². The van der Waals surface area contributed by atoms with E-state index in [0.29, 0.717) is 30.7 Å². The molecule has 100 valence electrons. The Morgan fingerprint density at radius 1 is 1.22 bits per heavy atom. The van der Waals surface area contributed by atoms with E-state index >= 15 is 0 Å². The van der Waals surface area contributed by atoms with Crippen molar-refractivity contribution in [2.45, 2.75) is 49.9 Å². The second-order valence-electron chi connectivity index (χ2n) is 5.13. The van der Waals surface area contributed by atoms with Crippen molar-refractivity contribution in [3.8, 4) is 0 Å². The molecule has 2 aliphatic rings. The van der Waals surface area contributed by atoms with Gasteiger partial charge in [-0.3, -0.25) is 0 Å². The van der Waals surface area contributed by atoms with Gasteiger partial charge in [-0.1, -0.05) is 6.42 Å². The minimum absolute atomic E-state index is 0.271. The Balaban J connectivity index is 2.03. The SMILES string of the molecule is NCc1nnc(C2CCCCS2(=O)=O)n1C1CC1. The van der Waals surface area contributed by atoms with Crippen LogP contribution in [0.15, 0.2) is 0 Å². The van der Waals surface area contributed by atoms with E-state index in [0.717, 1.165) is 25.7 Å². The summed E-state index contributed by atoms with van der Waals surface area (Å²) in [5, 5.41) is 7.71. The third-order valence-electron chi connectivity index (χ3n) is 3.75. The topological polar surface area (TPSA) is 90.9 Å². The highest BCUT2D eigenvalue weighted by Crippen LogP contribution is 2.41. The molecule has 0 bridgehead atoms. The minimum atomic E-state index is -3.06. The molecule has 1 aliphatic carbocycles. The van der Waals surface area contributed by atoms with E-state index in [1.54, 1.807) is 0 Å². The van der Waals surface area contributed by atoms with Gasteiger partial charge < -0.3 is 10.3 Å². The molecular weight excluding hydrogens is 252 g/mol. The highest BCUT2D eigenvalue weighted by Gasteiger charge is 2.38. The predicted molar refractivity (Wildman–Crippen MR) is 66.6 cm³/mol. The van der Waals surface area contributed by atoms with Crippen molar-refractivity contribution in [3.63, 3.8) is 0 Å². The molecule has 1 saturated heterocycles. The molecule has 6 nitrogen and oxygen atoms in total. The van der Waals surface area contributed by atoms with Crippen LogP contribution in [0.5, 0.6) is 0 Å². The molecule has 1 unspecified atom stereocenters. The normalized spacial score (nSPS) is 27.3. The van der Waals surface area contributed by atoms with Gasteiger partial charge in [0.1, 0.15) is 11.1 Å². The predicted octanol–water partition coefficient (Wildman–Crippen LogP) is 0.711. The first-order valence-electron chi connectivity index (χ1n) is 6.49. The van der Waals surface area contributed by atoms with Crippen molar-refractivity contribution in [1.29, 1.82) is 0 Å². The van der Waals surface area contributed by atoms with Gasteiger partial charge in [-0.2, -0.15) is 0 Å². The Morgan fingerprint density at radius 3 is 2.61 bits per heavy atom. The van der Waals surface area contributed by atoms with Crippen molar-refractivity contribution >= 4 is 9.84 Å². The summed E-state index contributed by atoms with van der Waals surface area (Å²) in [5.41, 5.74) is 5.65. The van der Waals surface area contributed by atoms with Crippen molar-refractivity contribution in [1.82, 2.24) is 14.8 Å². The fourth-order valence-corrected chi connectivity index (χ4v) is 4.57. The standard InChI is InChI=1S/C11H18N4O2S/c12-7-10-13-14-11(15(10)8-4-5-8)9-3-1-2-6-18(9,16)17/h8-9H,1-7,12H2. The van der Waals surface area contributed by atoms with Crippen LogP contribution in [0.2, 0.25) is 0 Å². The molecule has 0 spiro atoms. The van der Waals surface area contributed by atoms with Crippen molar-refractivity contribution < 1.29 is 8.42 Å². The van der Waals surface area contributed by atoms with E-state index in [2.05, 4.69) is 10.2 Å². The van der Waals surface area contributed by atoms with Gasteiger partial charge in [0.15, 0.2) is 15.7 Å². The summed E-state index contributed by atoms with van der Waals surface area (Å²) < 4.78 is 26.3. The van der Waals surface area contributed by atoms with Gasteiger partial charge >= 0.3 is 0 Å². The average molecular weight is 270 g/mol.